The number of carbonyl (C=O) groups excluding carboxylic acids is 3. The first-order valence-electron chi connectivity index (χ1n) is 20.7. The van der Waals surface area contributed by atoms with Crippen LogP contribution in [0.1, 0.15) is 84.9 Å². The van der Waals surface area contributed by atoms with E-state index in [4.69, 9.17) is 9.84 Å². The zero-order valence-electron chi connectivity index (χ0n) is 33.7. The number of nitrogens with one attached hydrogen (secondary N) is 2. The molecule has 6 aromatic rings. The predicted octanol–water partition coefficient (Wildman–Crippen LogP) is 4.44. The minimum absolute atomic E-state index is 0.135. The summed E-state index contributed by atoms with van der Waals surface area (Å²) in [6.07, 6.45) is 15.4. The molecule has 1 saturated carbocycles. The van der Waals surface area contributed by atoms with E-state index in [9.17, 15) is 19.2 Å². The molecule has 3 fully saturated rings. The summed E-state index contributed by atoms with van der Waals surface area (Å²) >= 11 is 0. The van der Waals surface area contributed by atoms with Crippen molar-refractivity contribution in [2.75, 3.05) is 31.6 Å². The van der Waals surface area contributed by atoms with Gasteiger partial charge in [0, 0.05) is 57.9 Å². The highest BCUT2D eigenvalue weighted by Gasteiger charge is 2.32. The first kappa shape index (κ1) is 39.0. The van der Waals surface area contributed by atoms with E-state index in [1.807, 2.05) is 54.3 Å². The van der Waals surface area contributed by atoms with Gasteiger partial charge in [0.15, 0.2) is 5.65 Å². The number of aromatic nitrogens is 8. The van der Waals surface area contributed by atoms with Crippen LogP contribution in [0.3, 0.4) is 0 Å². The van der Waals surface area contributed by atoms with Gasteiger partial charge in [-0.05, 0) is 87.6 Å². The Labute approximate surface area is 345 Å². The predicted molar refractivity (Wildman–Crippen MR) is 223 cm³/mol. The Hall–Kier alpha value is -6.44. The van der Waals surface area contributed by atoms with Gasteiger partial charge in [0.2, 0.25) is 11.8 Å². The quantitative estimate of drug-likeness (QED) is 0.157. The third-order valence-corrected chi connectivity index (χ3v) is 12.1. The Kier molecular flexibility index (Phi) is 10.8. The van der Waals surface area contributed by atoms with Gasteiger partial charge in [-0.3, -0.25) is 38.5 Å². The van der Waals surface area contributed by atoms with Gasteiger partial charge in [0.05, 0.1) is 46.3 Å². The average molecular weight is 810 g/mol. The molecule has 1 atom stereocenters. The van der Waals surface area contributed by atoms with Crippen molar-refractivity contribution in [2.45, 2.75) is 76.5 Å². The SMILES string of the molecule is Cc1ccc(-c2nn([C@H]3CC[C@H](CN4CCC(OCC#Cc5cccc6c5n(C)c(=O)n6C5CCC(=O)NC5=O)CC4)CC3)cc2NC(=O)c2cnn3cccnc23)nc1. The molecule has 2 saturated heterocycles. The molecule has 3 aliphatic rings. The van der Waals surface area contributed by atoms with Gasteiger partial charge in [-0.2, -0.15) is 10.2 Å². The van der Waals surface area contributed by atoms with Gasteiger partial charge in [-0.1, -0.05) is 24.0 Å². The lowest BCUT2D eigenvalue weighted by atomic mass is 9.85. The third kappa shape index (κ3) is 7.85. The lowest BCUT2D eigenvalue weighted by molar-refractivity contribution is -0.135. The molecule has 0 spiro atoms. The average Bonchev–Trinajstić information content (AvgIpc) is 3.95. The van der Waals surface area contributed by atoms with Gasteiger partial charge in [0.1, 0.15) is 23.9 Å². The summed E-state index contributed by atoms with van der Waals surface area (Å²) in [5.74, 6) is 5.87. The van der Waals surface area contributed by atoms with Crippen LogP contribution in [-0.4, -0.2) is 93.5 Å². The van der Waals surface area contributed by atoms with E-state index in [2.05, 4.69) is 42.4 Å². The number of para-hydroxylation sites is 1. The first-order valence-corrected chi connectivity index (χ1v) is 20.7. The molecular formula is C44H47N11O5. The summed E-state index contributed by atoms with van der Waals surface area (Å²) in [4.78, 5) is 62.6. The van der Waals surface area contributed by atoms with E-state index in [1.54, 1.807) is 30.0 Å². The van der Waals surface area contributed by atoms with E-state index in [1.165, 1.54) is 15.3 Å². The molecule has 60 heavy (non-hydrogen) atoms. The zero-order valence-corrected chi connectivity index (χ0v) is 33.7. The summed E-state index contributed by atoms with van der Waals surface area (Å²) in [7, 11) is 1.68. The number of anilines is 1. The molecule has 2 aliphatic heterocycles. The zero-order chi connectivity index (χ0) is 41.3. The molecule has 3 amide bonds. The first-order chi connectivity index (χ1) is 29.2. The number of amides is 3. The molecule has 0 bridgehead atoms. The molecule has 16 heteroatoms. The number of carbonyl (C=O) groups is 3. The van der Waals surface area contributed by atoms with Crippen molar-refractivity contribution in [1.29, 1.82) is 0 Å². The number of likely N-dealkylation sites (tertiary alicyclic amines) is 1. The molecule has 16 nitrogen and oxygen atoms in total. The number of piperidine rings is 2. The standard InChI is InChI=1S/C44H47N11O5/c1-28-9-14-34(46-24-28)39-35(48-42(57)33-25-47-53-20-5-19-45-41(33)53)27-54(50-39)31-12-10-29(11-13-31)26-52-21-17-32(18-22-52)60-23-4-7-30-6-3-8-36-40(30)51(2)44(59)55(36)37-15-16-38(56)49-43(37)58/h3,5-6,8-9,14,19-20,24-25,27,29,31-32,37H,10-13,15-18,21-23,26H2,1-2H3,(H,48,57)(H,49,56,58)/t29-,31-,37?. The molecule has 1 aromatic carbocycles. The van der Waals surface area contributed by atoms with Crippen molar-refractivity contribution in [2.24, 2.45) is 13.0 Å². The fraction of sp³-hybridized carbons (Fsp3) is 0.409. The fourth-order valence-corrected chi connectivity index (χ4v) is 8.92. The van der Waals surface area contributed by atoms with Gasteiger partial charge >= 0.3 is 5.69 Å². The maximum Gasteiger partial charge on any atom is 0.329 e. The Morgan fingerprint density at radius 3 is 2.60 bits per heavy atom. The summed E-state index contributed by atoms with van der Waals surface area (Å²) in [6, 6.07) is 10.7. The minimum atomic E-state index is -0.741. The van der Waals surface area contributed by atoms with E-state index >= 15 is 0 Å². The van der Waals surface area contributed by atoms with Gasteiger partial charge in [-0.15, -0.1) is 0 Å². The number of nitrogens with zero attached hydrogens (tertiary/aromatic N) is 9. The molecule has 7 heterocycles. The molecule has 1 unspecified atom stereocenters. The van der Waals surface area contributed by atoms with E-state index in [0.717, 1.165) is 63.7 Å². The number of fused-ring (bicyclic) bond motifs is 2. The number of imidazole rings is 1. The molecule has 2 N–H and O–H groups in total. The van der Waals surface area contributed by atoms with E-state index in [0.29, 0.717) is 50.8 Å². The normalized spacial score (nSPS) is 20.3. The molecule has 0 radical (unpaired) electrons. The van der Waals surface area contributed by atoms with Crippen LogP contribution in [0.5, 0.6) is 0 Å². The second kappa shape index (κ2) is 16.7. The summed E-state index contributed by atoms with van der Waals surface area (Å²) in [5.41, 5.74) is 5.51. The largest absolute Gasteiger partial charge is 0.365 e. The maximum atomic E-state index is 13.5. The molecule has 9 rings (SSSR count). The lowest BCUT2D eigenvalue weighted by Gasteiger charge is -2.36. The number of hydrogen-bond donors (Lipinski definition) is 2. The molecule has 308 valence electrons. The highest BCUT2D eigenvalue weighted by Crippen LogP contribution is 2.36. The Balaban J connectivity index is 0.773. The smallest absolute Gasteiger partial charge is 0.329 e. The van der Waals surface area contributed by atoms with Crippen LogP contribution in [0.15, 0.2) is 72.2 Å². The highest BCUT2D eigenvalue weighted by atomic mass is 16.5. The van der Waals surface area contributed by atoms with Gasteiger partial charge in [-0.25, -0.2) is 14.3 Å². The monoisotopic (exact) mass is 809 g/mol. The number of pyridine rings is 1. The summed E-state index contributed by atoms with van der Waals surface area (Å²) in [5, 5.41) is 14.7. The van der Waals surface area contributed by atoms with Gasteiger partial charge < -0.3 is 15.0 Å². The number of aryl methyl sites for hydroxylation is 2. The summed E-state index contributed by atoms with van der Waals surface area (Å²) < 4.78 is 12.8. The van der Waals surface area contributed by atoms with Crippen molar-refractivity contribution in [3.63, 3.8) is 0 Å². The maximum absolute atomic E-state index is 13.5. The number of hydrogen-bond acceptors (Lipinski definition) is 10. The van der Waals surface area contributed by atoms with Crippen LogP contribution in [0.2, 0.25) is 0 Å². The van der Waals surface area contributed by atoms with Crippen LogP contribution in [0.4, 0.5) is 5.69 Å². The van der Waals surface area contributed by atoms with Crippen LogP contribution in [-0.2, 0) is 21.4 Å². The van der Waals surface area contributed by atoms with Crippen LogP contribution >= 0.6 is 0 Å². The third-order valence-electron chi connectivity index (χ3n) is 12.1. The minimum Gasteiger partial charge on any atom is -0.365 e. The van der Waals surface area contributed by atoms with Crippen LogP contribution < -0.4 is 16.3 Å². The fourth-order valence-electron chi connectivity index (χ4n) is 8.92. The van der Waals surface area contributed by atoms with Crippen LogP contribution in [0, 0.1) is 24.7 Å². The molecule has 5 aromatic heterocycles. The number of benzene rings is 1. The second-order valence-corrected chi connectivity index (χ2v) is 16.1. The number of rotatable bonds is 9. The lowest BCUT2D eigenvalue weighted by Crippen LogP contribution is -2.44. The molecule has 1 aliphatic carbocycles. The van der Waals surface area contributed by atoms with Crippen LogP contribution in [0.25, 0.3) is 28.1 Å². The van der Waals surface area contributed by atoms with Crippen molar-refractivity contribution >= 4 is 40.1 Å². The Morgan fingerprint density at radius 1 is 0.983 bits per heavy atom. The van der Waals surface area contributed by atoms with E-state index < -0.39 is 11.9 Å². The highest BCUT2D eigenvalue weighted by molar-refractivity contribution is 6.09. The van der Waals surface area contributed by atoms with E-state index in [-0.39, 0.29) is 49.1 Å². The number of ether oxygens (including phenoxy) is 1. The Bertz CT molecular complexity index is 2700. The molecular weight excluding hydrogens is 763 g/mol. The number of imide groups is 1. The van der Waals surface area contributed by atoms with Crippen molar-refractivity contribution in [1.82, 2.24) is 48.7 Å². The summed E-state index contributed by atoms with van der Waals surface area (Å²) in [6.45, 7) is 5.29. The van der Waals surface area contributed by atoms with Crippen molar-refractivity contribution in [3.8, 4) is 23.2 Å². The topological polar surface area (TPSA) is 176 Å². The second-order valence-electron chi connectivity index (χ2n) is 16.1. The van der Waals surface area contributed by atoms with Crippen molar-refractivity contribution < 1.29 is 19.1 Å². The Morgan fingerprint density at radius 2 is 1.82 bits per heavy atom. The van der Waals surface area contributed by atoms with Gasteiger partial charge in [0.25, 0.3) is 5.91 Å². The van der Waals surface area contributed by atoms with Crippen molar-refractivity contribution in [3.05, 3.63) is 94.6 Å².